The van der Waals surface area contributed by atoms with E-state index in [1.54, 1.807) is 0 Å². The quantitative estimate of drug-likeness (QED) is 0.128. The lowest BCUT2D eigenvalue weighted by Gasteiger charge is -2.17. The Bertz CT molecular complexity index is 4090. The fourth-order valence-electron chi connectivity index (χ4n) is 10.7. The number of hydrogen-bond donors (Lipinski definition) is 0. The van der Waals surface area contributed by atoms with E-state index in [1.807, 2.05) is 0 Å². The summed E-state index contributed by atoms with van der Waals surface area (Å²) in [5.41, 5.74) is 13.0. The summed E-state index contributed by atoms with van der Waals surface area (Å²) < 4.78 is 2.09. The van der Waals surface area contributed by atoms with Gasteiger partial charge in [0, 0.05) is 74.8 Å². The molecule has 1 atom stereocenters. The third-order valence-corrected chi connectivity index (χ3v) is 14.7. The van der Waals surface area contributed by atoms with Crippen LogP contribution in [0, 0.1) is 27.7 Å². The van der Waals surface area contributed by atoms with Gasteiger partial charge in [-0.1, -0.05) is 129 Å². The number of aryl methyl sites for hydroxylation is 4. The van der Waals surface area contributed by atoms with Gasteiger partial charge in [-0.3, -0.25) is 19.9 Å². The number of halogens is 2. The molecule has 0 fully saturated rings. The Hall–Kier alpha value is -6.69. The molecule has 0 aliphatic rings. The van der Waals surface area contributed by atoms with Crippen LogP contribution in [0.25, 0.3) is 131 Å². The third kappa shape index (κ3) is 6.64. The first kappa shape index (κ1) is 41.7. The zero-order valence-corrected chi connectivity index (χ0v) is 41.8. The lowest BCUT2D eigenvalue weighted by atomic mass is 9.91. The first-order valence-electron chi connectivity index (χ1n) is 22.2. The van der Waals surface area contributed by atoms with E-state index in [2.05, 4.69) is 217 Å². The minimum atomic E-state index is 0. The van der Waals surface area contributed by atoms with Crippen LogP contribution in [0.2, 0.25) is 0 Å². The molecular formula is C60H41Br2N4P. The molecule has 0 N–H and O–H groups in total. The molecule has 14 rings (SSSR count). The second kappa shape index (κ2) is 15.7. The molecular weight excluding hydrogens is 967 g/mol. The lowest BCUT2D eigenvalue weighted by Crippen LogP contribution is -1.97. The normalized spacial score (nSPS) is 11.9. The summed E-state index contributed by atoms with van der Waals surface area (Å²) in [6, 6.07) is 57.3. The highest BCUT2D eigenvalue weighted by atomic mass is 79.9. The van der Waals surface area contributed by atoms with Crippen LogP contribution in [0.1, 0.15) is 22.8 Å². The number of nitrogens with zero attached hydrogens (tertiary/aromatic N) is 4. The van der Waals surface area contributed by atoms with Crippen molar-refractivity contribution in [3.63, 3.8) is 0 Å². The molecule has 0 radical (unpaired) electrons. The van der Waals surface area contributed by atoms with Gasteiger partial charge < -0.3 is 0 Å². The van der Waals surface area contributed by atoms with Gasteiger partial charge in [0.05, 0.1) is 22.1 Å². The monoisotopic (exact) mass is 1010 g/mol. The third-order valence-electron chi connectivity index (χ3n) is 13.8. The van der Waals surface area contributed by atoms with Crippen molar-refractivity contribution in [2.24, 2.45) is 0 Å². The van der Waals surface area contributed by atoms with E-state index in [1.165, 1.54) is 108 Å². The smallest absolute Gasteiger partial charge is 0.0730 e. The predicted molar refractivity (Wildman–Crippen MR) is 298 cm³/mol. The highest BCUT2D eigenvalue weighted by molar-refractivity contribution is 9.10. The molecule has 0 saturated carbocycles. The molecule has 14 aromatic rings. The van der Waals surface area contributed by atoms with Crippen molar-refractivity contribution in [2.75, 3.05) is 0 Å². The molecule has 0 saturated heterocycles. The van der Waals surface area contributed by atoms with Crippen LogP contribution < -0.4 is 0 Å². The Morgan fingerprint density at radius 2 is 0.612 bits per heavy atom. The Kier molecular flexibility index (Phi) is 9.78. The molecule has 67 heavy (non-hydrogen) atoms. The summed E-state index contributed by atoms with van der Waals surface area (Å²) in [6.07, 6.45) is 0. The Balaban J connectivity index is 0.000000187. The van der Waals surface area contributed by atoms with Crippen LogP contribution >= 0.6 is 41.8 Å². The average Bonchev–Trinajstić information content (AvgIpc) is 3.32. The summed E-state index contributed by atoms with van der Waals surface area (Å²) >= 11 is 7.14. The van der Waals surface area contributed by atoms with Crippen molar-refractivity contribution in [3.05, 3.63) is 189 Å². The average molecular weight is 1010 g/mol. The van der Waals surface area contributed by atoms with Crippen LogP contribution in [0.4, 0.5) is 0 Å². The molecule has 0 spiro atoms. The molecule has 0 bridgehead atoms. The predicted octanol–water partition coefficient (Wildman–Crippen LogP) is 17.5. The topological polar surface area (TPSA) is 51.6 Å². The lowest BCUT2D eigenvalue weighted by molar-refractivity contribution is 1.26. The maximum Gasteiger partial charge on any atom is 0.0730 e. The van der Waals surface area contributed by atoms with Crippen molar-refractivity contribution in [3.8, 4) is 22.3 Å². The van der Waals surface area contributed by atoms with Gasteiger partial charge >= 0.3 is 0 Å². The minimum Gasteiger partial charge on any atom is -0.252 e. The zero-order valence-electron chi connectivity index (χ0n) is 37.3. The molecule has 0 amide bonds. The number of fused-ring (bicyclic) bond motifs is 6. The molecule has 4 nitrogen and oxygen atoms in total. The largest absolute Gasteiger partial charge is 0.252 e. The minimum absolute atomic E-state index is 0. The zero-order chi connectivity index (χ0) is 44.5. The van der Waals surface area contributed by atoms with E-state index in [0.29, 0.717) is 0 Å². The number of hydrogen-bond acceptors (Lipinski definition) is 4. The number of benzene rings is 10. The Morgan fingerprint density at radius 3 is 1.01 bits per heavy atom. The molecule has 0 aliphatic carbocycles. The molecule has 10 aromatic carbocycles. The van der Waals surface area contributed by atoms with E-state index in [9.17, 15) is 0 Å². The van der Waals surface area contributed by atoms with Crippen LogP contribution in [0.5, 0.6) is 0 Å². The first-order chi connectivity index (χ1) is 32.1. The summed E-state index contributed by atoms with van der Waals surface area (Å²) in [7, 11) is 0. The van der Waals surface area contributed by atoms with Crippen LogP contribution in [0.3, 0.4) is 0 Å². The SMILES string of the molecule is Cc1nc2cc(-c3ccc4c(ccc5ccccc54)c3)cc3c(C)nc4cc(-c5ccc6c(ccc7ccccc76)c5)cc1c4c23.Cc1nc2cc(Br)cc3c(C)nc4cc(Br)cc1c4c23.P. The number of rotatable bonds is 2. The fraction of sp³-hybridized carbons (Fsp3) is 0.0667. The highest BCUT2D eigenvalue weighted by Gasteiger charge is 2.19. The number of aromatic nitrogens is 4. The number of pyridine rings is 4. The van der Waals surface area contributed by atoms with Crippen molar-refractivity contribution in [2.45, 2.75) is 27.7 Å². The van der Waals surface area contributed by atoms with Gasteiger partial charge in [0.1, 0.15) is 0 Å². The van der Waals surface area contributed by atoms with Gasteiger partial charge in [0.2, 0.25) is 0 Å². The van der Waals surface area contributed by atoms with Crippen molar-refractivity contribution < 1.29 is 0 Å². The van der Waals surface area contributed by atoms with Gasteiger partial charge in [0.25, 0.3) is 0 Å². The van der Waals surface area contributed by atoms with Gasteiger partial charge in [-0.2, -0.15) is 9.90 Å². The van der Waals surface area contributed by atoms with Crippen LogP contribution in [-0.2, 0) is 0 Å². The molecule has 320 valence electrons. The standard InChI is InChI=1S/C44H28N2.C16H10Br2N2.H3P/c1-25-39-21-33(29-15-17-37-31(19-29)13-11-27-7-3-5-9-35(27)37)24-42-43(39)44-40(26(2)46-42)22-34(23-41(44)45-25)30-16-18-38-32(20-30)14-12-28-8-4-6-10-36(28)38;1-7-11-3-9(17)6-14-15(11)16-12(8(2)20-14)4-10(18)5-13(16)19-7;/h3-24H,1-2H3;3-6H,1-2H3;1H3. The van der Waals surface area contributed by atoms with E-state index in [0.717, 1.165) is 53.8 Å². The highest BCUT2D eigenvalue weighted by Crippen LogP contribution is 2.42. The maximum absolute atomic E-state index is 5.23. The van der Waals surface area contributed by atoms with Crippen LogP contribution in [0.15, 0.2) is 167 Å². The Labute approximate surface area is 406 Å². The van der Waals surface area contributed by atoms with E-state index >= 15 is 0 Å². The summed E-state index contributed by atoms with van der Waals surface area (Å²) in [6.45, 7) is 8.37. The van der Waals surface area contributed by atoms with Gasteiger partial charge in [-0.15, -0.1) is 0 Å². The molecule has 1 unspecified atom stereocenters. The molecule has 7 heteroatoms. The van der Waals surface area contributed by atoms with Crippen molar-refractivity contribution in [1.29, 1.82) is 0 Å². The summed E-state index contributed by atoms with van der Waals surface area (Å²) in [5, 5.41) is 19.7. The van der Waals surface area contributed by atoms with Gasteiger partial charge in [-0.25, -0.2) is 0 Å². The second-order valence-electron chi connectivity index (χ2n) is 17.8. The summed E-state index contributed by atoms with van der Waals surface area (Å²) in [5.74, 6) is 0. The fourth-order valence-corrected chi connectivity index (χ4v) is 11.6. The van der Waals surface area contributed by atoms with Gasteiger partial charge in [-0.05, 0) is 154 Å². The van der Waals surface area contributed by atoms with E-state index in [4.69, 9.17) is 19.9 Å². The first-order valence-corrected chi connectivity index (χ1v) is 23.8. The summed E-state index contributed by atoms with van der Waals surface area (Å²) in [4.78, 5) is 20.0. The molecule has 0 aliphatic heterocycles. The maximum atomic E-state index is 5.23. The molecule has 4 heterocycles. The van der Waals surface area contributed by atoms with Gasteiger partial charge in [0.15, 0.2) is 0 Å². The molecule has 4 aromatic heterocycles. The van der Waals surface area contributed by atoms with Crippen molar-refractivity contribution >= 4 is 150 Å². The van der Waals surface area contributed by atoms with E-state index < -0.39 is 0 Å². The Morgan fingerprint density at radius 1 is 0.284 bits per heavy atom. The van der Waals surface area contributed by atoms with E-state index in [-0.39, 0.29) is 9.90 Å². The second-order valence-corrected chi connectivity index (χ2v) is 19.6. The van der Waals surface area contributed by atoms with Crippen LogP contribution in [-0.4, -0.2) is 19.9 Å². The van der Waals surface area contributed by atoms with Crippen molar-refractivity contribution in [1.82, 2.24) is 19.9 Å².